The summed E-state index contributed by atoms with van der Waals surface area (Å²) >= 11 is 3.61. The van der Waals surface area contributed by atoms with Crippen molar-refractivity contribution in [2.45, 2.75) is 37.8 Å². The van der Waals surface area contributed by atoms with Crippen LogP contribution in [0.25, 0.3) is 10.9 Å². The second-order valence-corrected chi connectivity index (χ2v) is 6.93. The smallest absolute Gasteiger partial charge is 0.133 e. The largest absolute Gasteiger partial charge is 0.369 e. The summed E-state index contributed by atoms with van der Waals surface area (Å²) in [5.41, 5.74) is 2.14. The summed E-state index contributed by atoms with van der Waals surface area (Å²) in [5, 5.41) is 2.00. The van der Waals surface area contributed by atoms with E-state index in [0.717, 1.165) is 29.8 Å². The van der Waals surface area contributed by atoms with Crippen LogP contribution in [0.2, 0.25) is 0 Å². The molecule has 1 aliphatic rings. The van der Waals surface area contributed by atoms with E-state index in [0.29, 0.717) is 0 Å². The molecule has 2 aromatic rings. The molecule has 2 heterocycles. The number of para-hydroxylation sites is 1. The lowest BCUT2D eigenvalue weighted by Gasteiger charge is -2.42. The molecule has 0 spiro atoms. The van der Waals surface area contributed by atoms with Gasteiger partial charge in [0.25, 0.3) is 0 Å². The third-order valence-corrected chi connectivity index (χ3v) is 4.40. The van der Waals surface area contributed by atoms with Crippen molar-refractivity contribution in [2.75, 3.05) is 18.0 Å². The standard InChI is InChI=1S/C17H21BrN2O/c1-12-10-20(11-17(2,3)21-12)16-14(9-18)8-13-6-4-5-7-15(13)19-16/h4-8,12H,9-11H2,1-3H3. The van der Waals surface area contributed by atoms with E-state index in [1.54, 1.807) is 0 Å². The van der Waals surface area contributed by atoms with Crippen LogP contribution in [0.15, 0.2) is 30.3 Å². The second-order valence-electron chi connectivity index (χ2n) is 6.37. The Morgan fingerprint density at radius 2 is 2.14 bits per heavy atom. The molecule has 3 nitrogen and oxygen atoms in total. The summed E-state index contributed by atoms with van der Waals surface area (Å²) in [6, 6.07) is 10.5. The Morgan fingerprint density at radius 1 is 1.38 bits per heavy atom. The minimum absolute atomic E-state index is 0.144. The number of hydrogen-bond donors (Lipinski definition) is 0. The number of hydrogen-bond acceptors (Lipinski definition) is 3. The fourth-order valence-electron chi connectivity index (χ4n) is 3.14. The molecule has 1 aromatic heterocycles. The van der Waals surface area contributed by atoms with E-state index in [4.69, 9.17) is 9.72 Å². The summed E-state index contributed by atoms with van der Waals surface area (Å²) in [6.45, 7) is 8.16. The van der Waals surface area contributed by atoms with Crippen LogP contribution < -0.4 is 4.90 Å². The minimum Gasteiger partial charge on any atom is -0.369 e. The summed E-state index contributed by atoms with van der Waals surface area (Å²) in [4.78, 5) is 7.27. The lowest BCUT2D eigenvalue weighted by atomic mass is 10.0. The molecule has 3 rings (SSSR count). The molecule has 1 atom stereocenters. The highest BCUT2D eigenvalue weighted by atomic mass is 79.9. The van der Waals surface area contributed by atoms with Crippen molar-refractivity contribution in [3.05, 3.63) is 35.9 Å². The summed E-state index contributed by atoms with van der Waals surface area (Å²) in [7, 11) is 0. The van der Waals surface area contributed by atoms with E-state index in [-0.39, 0.29) is 11.7 Å². The van der Waals surface area contributed by atoms with E-state index < -0.39 is 0 Å². The van der Waals surface area contributed by atoms with Crippen molar-refractivity contribution in [2.24, 2.45) is 0 Å². The highest BCUT2D eigenvalue weighted by molar-refractivity contribution is 9.08. The van der Waals surface area contributed by atoms with Crippen LogP contribution in [0.4, 0.5) is 5.82 Å². The molecule has 4 heteroatoms. The molecule has 0 bridgehead atoms. The van der Waals surface area contributed by atoms with Crippen molar-refractivity contribution in [1.82, 2.24) is 4.98 Å². The van der Waals surface area contributed by atoms with Gasteiger partial charge < -0.3 is 9.64 Å². The van der Waals surface area contributed by atoms with Crippen LogP contribution in [0.5, 0.6) is 0 Å². The van der Waals surface area contributed by atoms with Gasteiger partial charge in [-0.1, -0.05) is 34.1 Å². The van der Waals surface area contributed by atoms with Gasteiger partial charge in [-0.3, -0.25) is 0 Å². The zero-order valence-corrected chi connectivity index (χ0v) is 14.4. The molecule has 0 aliphatic carbocycles. The molecular weight excluding hydrogens is 328 g/mol. The molecule has 1 aliphatic heterocycles. The summed E-state index contributed by atoms with van der Waals surface area (Å²) in [5.74, 6) is 1.08. The number of halogens is 1. The van der Waals surface area contributed by atoms with Crippen molar-refractivity contribution >= 4 is 32.7 Å². The molecule has 1 fully saturated rings. The fraction of sp³-hybridized carbons (Fsp3) is 0.471. The average molecular weight is 349 g/mol. The topological polar surface area (TPSA) is 25.4 Å². The lowest BCUT2D eigenvalue weighted by Crippen LogP contribution is -2.52. The number of fused-ring (bicyclic) bond motifs is 1. The van der Waals surface area contributed by atoms with Gasteiger partial charge >= 0.3 is 0 Å². The average Bonchev–Trinajstić information content (AvgIpc) is 2.43. The predicted octanol–water partition coefficient (Wildman–Crippen LogP) is 4.13. The number of ether oxygens (including phenoxy) is 1. The Balaban J connectivity index is 2.06. The van der Waals surface area contributed by atoms with Gasteiger partial charge in [0.05, 0.1) is 17.2 Å². The third-order valence-electron chi connectivity index (χ3n) is 3.79. The van der Waals surface area contributed by atoms with E-state index in [9.17, 15) is 0 Å². The molecule has 0 N–H and O–H groups in total. The molecule has 112 valence electrons. The number of nitrogens with zero attached hydrogens (tertiary/aromatic N) is 2. The molecule has 0 amide bonds. The van der Waals surface area contributed by atoms with Gasteiger partial charge in [-0.25, -0.2) is 4.98 Å². The molecule has 1 aromatic carbocycles. The van der Waals surface area contributed by atoms with Gasteiger partial charge in [-0.15, -0.1) is 0 Å². The Kier molecular flexibility index (Phi) is 3.93. The Hall–Kier alpha value is -1.13. The third kappa shape index (κ3) is 3.06. The first-order valence-electron chi connectivity index (χ1n) is 7.36. The normalized spacial score (nSPS) is 21.7. The number of benzene rings is 1. The van der Waals surface area contributed by atoms with Crippen LogP contribution in [-0.4, -0.2) is 29.8 Å². The maximum Gasteiger partial charge on any atom is 0.133 e. The van der Waals surface area contributed by atoms with E-state index in [1.165, 1.54) is 10.9 Å². The number of anilines is 1. The quantitative estimate of drug-likeness (QED) is 0.762. The van der Waals surface area contributed by atoms with Gasteiger partial charge in [0.15, 0.2) is 0 Å². The fourth-order valence-corrected chi connectivity index (χ4v) is 3.55. The Labute approximate surface area is 134 Å². The molecule has 21 heavy (non-hydrogen) atoms. The lowest BCUT2D eigenvalue weighted by molar-refractivity contribution is -0.0751. The van der Waals surface area contributed by atoms with Crippen LogP contribution in [-0.2, 0) is 10.1 Å². The van der Waals surface area contributed by atoms with E-state index in [1.807, 2.05) is 6.07 Å². The number of pyridine rings is 1. The molecule has 1 unspecified atom stereocenters. The van der Waals surface area contributed by atoms with Gasteiger partial charge in [0.2, 0.25) is 0 Å². The molecule has 1 saturated heterocycles. The maximum atomic E-state index is 6.01. The number of morpholine rings is 1. The molecule has 0 saturated carbocycles. The number of aromatic nitrogens is 1. The Bertz CT molecular complexity index is 656. The van der Waals surface area contributed by atoms with Gasteiger partial charge in [0.1, 0.15) is 5.82 Å². The predicted molar refractivity (Wildman–Crippen MR) is 91.2 cm³/mol. The van der Waals surface area contributed by atoms with Crippen molar-refractivity contribution in [3.8, 4) is 0 Å². The first-order chi connectivity index (χ1) is 9.98. The SMILES string of the molecule is CC1CN(c2nc3ccccc3cc2CBr)CC(C)(C)O1. The van der Waals surface area contributed by atoms with Crippen molar-refractivity contribution in [1.29, 1.82) is 0 Å². The maximum absolute atomic E-state index is 6.01. The number of rotatable bonds is 2. The minimum atomic E-state index is -0.144. The highest BCUT2D eigenvalue weighted by Gasteiger charge is 2.32. The van der Waals surface area contributed by atoms with Crippen molar-refractivity contribution in [3.63, 3.8) is 0 Å². The van der Waals surface area contributed by atoms with E-state index in [2.05, 4.69) is 65.9 Å². The number of alkyl halides is 1. The summed E-state index contributed by atoms with van der Waals surface area (Å²) < 4.78 is 6.01. The van der Waals surface area contributed by atoms with Gasteiger partial charge in [-0.2, -0.15) is 0 Å². The zero-order valence-electron chi connectivity index (χ0n) is 12.8. The summed E-state index contributed by atoms with van der Waals surface area (Å²) in [6.07, 6.45) is 0.213. The molecular formula is C17H21BrN2O. The van der Waals surface area contributed by atoms with Gasteiger partial charge in [-0.05, 0) is 32.9 Å². The van der Waals surface area contributed by atoms with Crippen molar-refractivity contribution < 1.29 is 4.74 Å². The monoisotopic (exact) mass is 348 g/mol. The first kappa shape index (κ1) is 14.8. The highest BCUT2D eigenvalue weighted by Crippen LogP contribution is 2.30. The second kappa shape index (κ2) is 5.58. The van der Waals surface area contributed by atoms with E-state index >= 15 is 0 Å². The molecule has 0 radical (unpaired) electrons. The van der Waals surface area contributed by atoms with Crippen LogP contribution in [0.1, 0.15) is 26.3 Å². The van der Waals surface area contributed by atoms with Crippen LogP contribution >= 0.6 is 15.9 Å². The van der Waals surface area contributed by atoms with Crippen LogP contribution in [0.3, 0.4) is 0 Å². The first-order valence-corrected chi connectivity index (χ1v) is 8.48. The Morgan fingerprint density at radius 3 is 2.86 bits per heavy atom. The zero-order chi connectivity index (χ0) is 15.0. The van der Waals surface area contributed by atoms with Crippen LogP contribution in [0, 0.1) is 0 Å². The van der Waals surface area contributed by atoms with Gasteiger partial charge in [0, 0.05) is 29.4 Å².